The molecule has 0 aliphatic carbocycles. The van der Waals surface area contributed by atoms with Crippen LogP contribution in [0.25, 0.3) is 0 Å². The Morgan fingerprint density at radius 3 is 2.85 bits per heavy atom. The fraction of sp³-hybridized carbons (Fsp3) is 0.333. The molecule has 1 aromatic heterocycles. The molecule has 0 saturated carbocycles. The number of nitrogens with two attached hydrogens (primary N) is 1. The van der Waals surface area contributed by atoms with Crippen molar-refractivity contribution in [1.29, 1.82) is 0 Å². The number of hydrogen-bond acceptors (Lipinski definition) is 4. The van der Waals surface area contributed by atoms with Crippen molar-refractivity contribution < 1.29 is 9.53 Å². The predicted molar refractivity (Wildman–Crippen MR) is 48.2 cm³/mol. The van der Waals surface area contributed by atoms with Crippen LogP contribution >= 0.6 is 0 Å². The Morgan fingerprint density at radius 1 is 1.62 bits per heavy atom. The minimum Gasteiger partial charge on any atom is -0.465 e. The SMILES string of the molecule is COC(=O)c1cc(C)nc(CN)c1. The molecule has 1 rings (SSSR count). The molecule has 0 aromatic carbocycles. The highest BCUT2D eigenvalue weighted by Crippen LogP contribution is 2.06. The molecule has 0 radical (unpaired) electrons. The maximum atomic E-state index is 11.1. The number of pyridine rings is 1. The average Bonchev–Trinajstić information content (AvgIpc) is 2.15. The monoisotopic (exact) mass is 180 g/mol. The zero-order valence-corrected chi connectivity index (χ0v) is 7.70. The summed E-state index contributed by atoms with van der Waals surface area (Å²) >= 11 is 0. The second-order valence-corrected chi connectivity index (χ2v) is 2.68. The number of nitrogens with zero attached hydrogens (tertiary/aromatic N) is 1. The van der Waals surface area contributed by atoms with Crippen LogP contribution in [-0.4, -0.2) is 18.1 Å². The molecule has 13 heavy (non-hydrogen) atoms. The molecule has 4 heteroatoms. The van der Waals surface area contributed by atoms with E-state index in [1.807, 2.05) is 6.92 Å². The van der Waals surface area contributed by atoms with Crippen LogP contribution in [0.2, 0.25) is 0 Å². The normalized spacial score (nSPS) is 9.77. The molecule has 1 heterocycles. The van der Waals surface area contributed by atoms with Gasteiger partial charge in [-0.2, -0.15) is 0 Å². The Bertz CT molecular complexity index is 323. The molecular weight excluding hydrogens is 168 g/mol. The first kappa shape index (κ1) is 9.67. The van der Waals surface area contributed by atoms with Crippen molar-refractivity contribution in [2.45, 2.75) is 13.5 Å². The van der Waals surface area contributed by atoms with Gasteiger partial charge in [-0.3, -0.25) is 4.98 Å². The minimum absolute atomic E-state index is 0.325. The fourth-order valence-electron chi connectivity index (χ4n) is 1.08. The summed E-state index contributed by atoms with van der Waals surface area (Å²) < 4.78 is 4.58. The van der Waals surface area contributed by atoms with Crippen molar-refractivity contribution in [2.24, 2.45) is 5.73 Å². The molecule has 0 fully saturated rings. The lowest BCUT2D eigenvalue weighted by molar-refractivity contribution is 0.0600. The van der Waals surface area contributed by atoms with Gasteiger partial charge in [-0.05, 0) is 19.1 Å². The van der Waals surface area contributed by atoms with Crippen LogP contribution < -0.4 is 5.73 Å². The Morgan fingerprint density at radius 2 is 2.31 bits per heavy atom. The Balaban J connectivity index is 3.08. The number of hydrogen-bond donors (Lipinski definition) is 1. The molecule has 1 aromatic rings. The summed E-state index contributed by atoms with van der Waals surface area (Å²) in [6, 6.07) is 3.31. The lowest BCUT2D eigenvalue weighted by atomic mass is 10.2. The first-order valence-corrected chi connectivity index (χ1v) is 3.93. The first-order valence-electron chi connectivity index (χ1n) is 3.93. The Kier molecular flexibility index (Phi) is 2.97. The van der Waals surface area contributed by atoms with Crippen LogP contribution in [-0.2, 0) is 11.3 Å². The van der Waals surface area contributed by atoms with Gasteiger partial charge in [0.2, 0.25) is 0 Å². The second-order valence-electron chi connectivity index (χ2n) is 2.68. The third-order valence-electron chi connectivity index (χ3n) is 1.64. The number of carbonyl (C=O) groups excluding carboxylic acids is 1. The molecule has 0 atom stereocenters. The highest BCUT2D eigenvalue weighted by molar-refractivity contribution is 5.89. The van der Waals surface area contributed by atoms with Crippen LogP contribution in [0.1, 0.15) is 21.7 Å². The average molecular weight is 180 g/mol. The molecule has 0 aliphatic rings. The summed E-state index contributed by atoms with van der Waals surface area (Å²) in [6.07, 6.45) is 0. The van der Waals surface area contributed by atoms with E-state index in [2.05, 4.69) is 9.72 Å². The zero-order valence-electron chi connectivity index (χ0n) is 7.70. The van der Waals surface area contributed by atoms with E-state index in [0.717, 1.165) is 5.69 Å². The largest absolute Gasteiger partial charge is 0.465 e. The smallest absolute Gasteiger partial charge is 0.337 e. The molecule has 0 aliphatic heterocycles. The van der Waals surface area contributed by atoms with Gasteiger partial charge in [-0.15, -0.1) is 0 Å². The van der Waals surface area contributed by atoms with Crippen molar-refractivity contribution in [3.05, 3.63) is 29.1 Å². The van der Waals surface area contributed by atoms with Crippen molar-refractivity contribution in [1.82, 2.24) is 4.98 Å². The predicted octanol–water partition coefficient (Wildman–Crippen LogP) is 0.635. The lowest BCUT2D eigenvalue weighted by Gasteiger charge is -2.03. The number of esters is 1. The molecule has 0 amide bonds. The fourth-order valence-corrected chi connectivity index (χ4v) is 1.08. The van der Waals surface area contributed by atoms with E-state index in [-0.39, 0.29) is 5.97 Å². The van der Waals surface area contributed by atoms with Gasteiger partial charge in [0.25, 0.3) is 0 Å². The quantitative estimate of drug-likeness (QED) is 0.678. The molecular formula is C9H12N2O2. The maximum absolute atomic E-state index is 11.1. The first-order chi connectivity index (χ1) is 6.17. The zero-order chi connectivity index (χ0) is 9.84. The number of ether oxygens (including phenoxy) is 1. The van der Waals surface area contributed by atoms with E-state index in [1.54, 1.807) is 12.1 Å². The van der Waals surface area contributed by atoms with Gasteiger partial charge in [0.15, 0.2) is 0 Å². The van der Waals surface area contributed by atoms with E-state index in [0.29, 0.717) is 17.8 Å². The summed E-state index contributed by atoms with van der Waals surface area (Å²) in [5.41, 5.74) is 7.37. The van der Waals surface area contributed by atoms with E-state index in [1.165, 1.54) is 7.11 Å². The number of aryl methyl sites for hydroxylation is 1. The third kappa shape index (κ3) is 2.26. The molecule has 4 nitrogen and oxygen atoms in total. The van der Waals surface area contributed by atoms with E-state index < -0.39 is 0 Å². The van der Waals surface area contributed by atoms with Gasteiger partial charge >= 0.3 is 5.97 Å². The van der Waals surface area contributed by atoms with Gasteiger partial charge in [-0.1, -0.05) is 0 Å². The molecule has 0 saturated heterocycles. The van der Waals surface area contributed by atoms with E-state index >= 15 is 0 Å². The standard InChI is InChI=1S/C9H12N2O2/c1-6-3-7(9(12)13-2)4-8(5-10)11-6/h3-4H,5,10H2,1-2H3. The van der Waals surface area contributed by atoms with Gasteiger partial charge in [0, 0.05) is 12.2 Å². The Labute approximate surface area is 76.7 Å². The van der Waals surface area contributed by atoms with E-state index in [9.17, 15) is 4.79 Å². The maximum Gasteiger partial charge on any atom is 0.337 e. The summed E-state index contributed by atoms with van der Waals surface area (Å²) in [4.78, 5) is 15.3. The Hall–Kier alpha value is -1.42. The summed E-state index contributed by atoms with van der Waals surface area (Å²) in [7, 11) is 1.35. The van der Waals surface area contributed by atoms with Crippen LogP contribution in [0.15, 0.2) is 12.1 Å². The van der Waals surface area contributed by atoms with Crippen molar-refractivity contribution in [3.8, 4) is 0 Å². The number of methoxy groups -OCH3 is 1. The number of aromatic nitrogens is 1. The third-order valence-corrected chi connectivity index (χ3v) is 1.64. The molecule has 0 unspecified atom stereocenters. The summed E-state index contributed by atoms with van der Waals surface area (Å²) in [6.45, 7) is 2.14. The van der Waals surface area contributed by atoms with Crippen LogP contribution in [0.4, 0.5) is 0 Å². The lowest BCUT2D eigenvalue weighted by Crippen LogP contribution is -2.07. The van der Waals surface area contributed by atoms with Crippen LogP contribution in [0.3, 0.4) is 0 Å². The van der Waals surface area contributed by atoms with E-state index in [4.69, 9.17) is 5.73 Å². The molecule has 70 valence electrons. The highest BCUT2D eigenvalue weighted by atomic mass is 16.5. The van der Waals surface area contributed by atoms with Crippen LogP contribution in [0.5, 0.6) is 0 Å². The number of rotatable bonds is 2. The molecule has 0 spiro atoms. The van der Waals surface area contributed by atoms with Gasteiger partial charge in [0.1, 0.15) is 0 Å². The van der Waals surface area contributed by atoms with Gasteiger partial charge in [0.05, 0.1) is 18.4 Å². The topological polar surface area (TPSA) is 65.2 Å². The highest BCUT2D eigenvalue weighted by Gasteiger charge is 2.07. The van der Waals surface area contributed by atoms with Crippen LogP contribution in [0, 0.1) is 6.92 Å². The molecule has 0 bridgehead atoms. The summed E-state index contributed by atoms with van der Waals surface area (Å²) in [5, 5.41) is 0. The van der Waals surface area contributed by atoms with Gasteiger partial charge in [-0.25, -0.2) is 4.79 Å². The second kappa shape index (κ2) is 4.00. The van der Waals surface area contributed by atoms with Crippen molar-refractivity contribution in [3.63, 3.8) is 0 Å². The van der Waals surface area contributed by atoms with Crippen molar-refractivity contribution >= 4 is 5.97 Å². The minimum atomic E-state index is -0.361. The van der Waals surface area contributed by atoms with Crippen molar-refractivity contribution in [2.75, 3.05) is 7.11 Å². The number of carbonyl (C=O) groups is 1. The van der Waals surface area contributed by atoms with Gasteiger partial charge < -0.3 is 10.5 Å². The summed E-state index contributed by atoms with van der Waals surface area (Å²) in [5.74, 6) is -0.361. The molecule has 2 N–H and O–H groups in total.